The van der Waals surface area contributed by atoms with Crippen LogP contribution in [0, 0.1) is 0 Å². The monoisotopic (exact) mass is 477 g/mol. The van der Waals surface area contributed by atoms with E-state index in [1.54, 1.807) is 0 Å². The highest BCUT2D eigenvalue weighted by Gasteiger charge is 2.44. The second kappa shape index (κ2) is 9.51. The molecule has 29 heavy (non-hydrogen) atoms. The zero-order valence-corrected chi connectivity index (χ0v) is 26.0. The molecule has 0 amide bonds. The maximum Gasteiger partial charge on any atom is 0.309 e. The highest BCUT2D eigenvalue weighted by atomic mass is 32.4. The van der Waals surface area contributed by atoms with Crippen molar-refractivity contribution in [3.05, 3.63) is 0 Å². The molecule has 0 spiro atoms. The fourth-order valence-corrected chi connectivity index (χ4v) is 9.02. The van der Waals surface area contributed by atoms with Crippen LogP contribution in [0.1, 0.15) is 68.7 Å². The Morgan fingerprint density at radius 3 is 1.62 bits per heavy atom. The first-order chi connectivity index (χ1) is 12.4. The van der Waals surface area contributed by atoms with E-state index in [4.69, 9.17) is 4.43 Å². The molecule has 0 bridgehead atoms. The number of nitrogens with one attached hydrogen (secondary N) is 1. The van der Waals surface area contributed by atoms with E-state index in [1.807, 2.05) is 0 Å². The molecular formula is C22H51NO2SSi3. The number of carbonyl (C=O) groups excluding carboxylic acids is 1. The second-order valence-corrected chi connectivity index (χ2v) is 32.1. The van der Waals surface area contributed by atoms with Crippen LogP contribution in [0.4, 0.5) is 0 Å². The van der Waals surface area contributed by atoms with Crippen LogP contribution in [0.25, 0.3) is 0 Å². The van der Waals surface area contributed by atoms with Gasteiger partial charge in [-0.15, -0.1) is 0 Å². The number of hydrogen-bond donors (Lipinski definition) is 1. The third kappa shape index (κ3) is 8.47. The molecule has 3 nitrogen and oxygen atoms in total. The zero-order valence-electron chi connectivity index (χ0n) is 22.2. The fraction of sp³-hybridized carbons (Fsp3) is 0.955. The summed E-state index contributed by atoms with van der Waals surface area (Å²) in [5, 5.41) is 0.552. The third-order valence-electron chi connectivity index (χ3n) is 7.53. The standard InChI is InChI=1S/C22H51NO2SSi3/c1-20(2,3)27(10,11)23-18(16-17-26-29(14,15)22(7,8)9)19(24)25-28(12,13)21(4,5)6/h18,23H,16-17H2,1-15H3/t18-/m0/s1. The van der Waals surface area contributed by atoms with Gasteiger partial charge in [0.05, 0.1) is 6.04 Å². The SMILES string of the molecule is CC(C)(C)[Si](C)(C)N[C@@H](CCS[Si](C)(C)C(C)(C)C)C(=O)O[Si](C)(C)C(C)(C)C. The molecule has 0 aromatic carbocycles. The summed E-state index contributed by atoms with van der Waals surface area (Å²) >= 11 is 2.11. The summed E-state index contributed by atoms with van der Waals surface area (Å²) < 4.78 is 6.23. The first-order valence-corrected chi connectivity index (χ1v) is 21.7. The van der Waals surface area contributed by atoms with Crippen LogP contribution in [-0.2, 0) is 9.22 Å². The van der Waals surface area contributed by atoms with E-state index in [0.29, 0.717) is 5.04 Å². The minimum absolute atomic E-state index is 0.0279. The van der Waals surface area contributed by atoms with Gasteiger partial charge in [-0.3, -0.25) is 4.79 Å². The lowest BCUT2D eigenvalue weighted by atomic mass is 10.2. The predicted molar refractivity (Wildman–Crippen MR) is 142 cm³/mol. The highest BCUT2D eigenvalue weighted by molar-refractivity contribution is 8.29. The first-order valence-electron chi connectivity index (χ1n) is 11.1. The molecule has 0 aliphatic rings. The predicted octanol–water partition coefficient (Wildman–Crippen LogP) is 7.63. The molecule has 0 aliphatic heterocycles. The second-order valence-electron chi connectivity index (χ2n) is 13.2. The Hall–Kier alpha value is 0.431. The van der Waals surface area contributed by atoms with Crippen LogP contribution in [0.3, 0.4) is 0 Å². The molecule has 0 rings (SSSR count). The van der Waals surface area contributed by atoms with Gasteiger partial charge < -0.3 is 9.41 Å². The first kappa shape index (κ1) is 29.4. The Balaban J connectivity index is 5.50. The lowest BCUT2D eigenvalue weighted by Gasteiger charge is -2.42. The van der Waals surface area contributed by atoms with Gasteiger partial charge in [0.1, 0.15) is 15.5 Å². The van der Waals surface area contributed by atoms with Gasteiger partial charge in [0.25, 0.3) is 8.32 Å². The van der Waals surface area contributed by atoms with Crippen molar-refractivity contribution < 1.29 is 9.22 Å². The van der Waals surface area contributed by atoms with Crippen molar-refractivity contribution in [3.63, 3.8) is 0 Å². The summed E-state index contributed by atoms with van der Waals surface area (Å²) in [6, 6.07) is -0.206. The Kier molecular flexibility index (Phi) is 9.65. The maximum absolute atomic E-state index is 13.3. The summed E-state index contributed by atoms with van der Waals surface area (Å²) in [6.07, 6.45) is 0.844. The molecule has 0 saturated carbocycles. The van der Waals surface area contributed by atoms with Gasteiger partial charge in [-0.1, -0.05) is 88.5 Å². The topological polar surface area (TPSA) is 38.3 Å². The number of hydrogen-bond acceptors (Lipinski definition) is 4. The van der Waals surface area contributed by atoms with E-state index in [0.717, 1.165) is 12.2 Å². The summed E-state index contributed by atoms with van der Waals surface area (Å²) in [7, 11) is -5.37. The molecule has 0 aromatic rings. The van der Waals surface area contributed by atoms with Gasteiger partial charge in [0, 0.05) is 0 Å². The Morgan fingerprint density at radius 2 is 1.28 bits per heavy atom. The van der Waals surface area contributed by atoms with Crippen molar-refractivity contribution >= 4 is 41.0 Å². The van der Waals surface area contributed by atoms with Crippen molar-refractivity contribution in [2.45, 2.75) is 129 Å². The highest BCUT2D eigenvalue weighted by Crippen LogP contribution is 2.44. The third-order valence-corrected chi connectivity index (χ3v) is 26.1. The molecule has 0 saturated heterocycles. The quantitative estimate of drug-likeness (QED) is 0.365. The lowest BCUT2D eigenvalue weighted by Crippen LogP contribution is -2.60. The van der Waals surface area contributed by atoms with Crippen molar-refractivity contribution in [2.75, 3.05) is 5.75 Å². The van der Waals surface area contributed by atoms with Gasteiger partial charge in [-0.25, -0.2) is 0 Å². The van der Waals surface area contributed by atoms with E-state index in [2.05, 4.69) is 118 Å². The molecule has 1 atom stereocenters. The average Bonchev–Trinajstić information content (AvgIpc) is 2.41. The lowest BCUT2D eigenvalue weighted by molar-refractivity contribution is -0.137. The van der Waals surface area contributed by atoms with Crippen LogP contribution in [0.5, 0.6) is 0 Å². The Morgan fingerprint density at radius 1 is 0.828 bits per heavy atom. The van der Waals surface area contributed by atoms with E-state index in [1.165, 1.54) is 0 Å². The van der Waals surface area contributed by atoms with E-state index in [9.17, 15) is 4.79 Å². The molecule has 0 aromatic heterocycles. The van der Waals surface area contributed by atoms with E-state index < -0.39 is 23.8 Å². The Bertz CT molecular complexity index is 556. The normalized spacial score (nSPS) is 16.0. The van der Waals surface area contributed by atoms with Crippen molar-refractivity contribution in [2.24, 2.45) is 0 Å². The zero-order chi connectivity index (χ0) is 23.7. The van der Waals surface area contributed by atoms with Gasteiger partial charge in [0.15, 0.2) is 0 Å². The van der Waals surface area contributed by atoms with Crippen molar-refractivity contribution in [3.8, 4) is 0 Å². The van der Waals surface area contributed by atoms with Gasteiger partial charge in [0.2, 0.25) is 0 Å². The van der Waals surface area contributed by atoms with Crippen LogP contribution in [0.2, 0.25) is 54.4 Å². The minimum atomic E-state index is -2.13. The molecule has 0 radical (unpaired) electrons. The average molecular weight is 478 g/mol. The van der Waals surface area contributed by atoms with E-state index >= 15 is 0 Å². The molecule has 7 heteroatoms. The smallest absolute Gasteiger partial charge is 0.309 e. The molecule has 174 valence electrons. The largest absolute Gasteiger partial charge is 0.518 e. The molecule has 0 aliphatic carbocycles. The summed E-state index contributed by atoms with van der Waals surface area (Å²) in [6.45, 7) is 34.4. The minimum Gasteiger partial charge on any atom is -0.518 e. The van der Waals surface area contributed by atoms with Gasteiger partial charge in [-0.05, 0) is 40.4 Å². The van der Waals surface area contributed by atoms with Crippen LogP contribution >= 0.6 is 11.2 Å². The summed E-state index contributed by atoms with van der Waals surface area (Å²) in [5.41, 5.74) is 0. The van der Waals surface area contributed by atoms with Crippen LogP contribution in [-0.4, -0.2) is 41.5 Å². The fourth-order valence-electron chi connectivity index (χ4n) is 2.03. The van der Waals surface area contributed by atoms with E-state index in [-0.39, 0.29) is 22.1 Å². The maximum atomic E-state index is 13.3. The summed E-state index contributed by atoms with van der Waals surface area (Å²) in [5.74, 6) is 0.979. The van der Waals surface area contributed by atoms with Crippen molar-refractivity contribution in [1.82, 2.24) is 4.98 Å². The molecule has 0 unspecified atom stereocenters. The molecule has 0 fully saturated rings. The Labute approximate surface area is 189 Å². The number of carbonyl (C=O) groups is 1. The number of rotatable bonds is 8. The molecular weight excluding hydrogens is 427 g/mol. The van der Waals surface area contributed by atoms with Crippen molar-refractivity contribution in [1.29, 1.82) is 0 Å². The molecule has 0 heterocycles. The van der Waals surface area contributed by atoms with Crippen LogP contribution < -0.4 is 4.98 Å². The summed E-state index contributed by atoms with van der Waals surface area (Å²) in [4.78, 5) is 17.2. The van der Waals surface area contributed by atoms with Gasteiger partial charge >= 0.3 is 5.97 Å². The molecule has 1 N–H and O–H groups in total. The van der Waals surface area contributed by atoms with Gasteiger partial charge in [-0.2, -0.15) is 11.2 Å². The van der Waals surface area contributed by atoms with Crippen LogP contribution in [0.15, 0.2) is 0 Å².